The van der Waals surface area contributed by atoms with Crippen molar-refractivity contribution in [3.8, 4) is 6.07 Å². The van der Waals surface area contributed by atoms with Crippen LogP contribution in [0.2, 0.25) is 0 Å². The molecule has 8 nitrogen and oxygen atoms in total. The lowest BCUT2D eigenvalue weighted by Crippen LogP contribution is -2.41. The zero-order valence-corrected chi connectivity index (χ0v) is 11.7. The molecule has 0 spiro atoms. The summed E-state index contributed by atoms with van der Waals surface area (Å²) in [6.07, 6.45) is 0. The lowest BCUT2D eigenvalue weighted by atomic mass is 10.2. The van der Waals surface area contributed by atoms with E-state index in [1.807, 2.05) is 0 Å². The number of carbonyl (C=O) groups excluding carboxylic acids is 1. The first-order valence-corrected chi connectivity index (χ1v) is 6.65. The van der Waals surface area contributed by atoms with Crippen molar-refractivity contribution in [3.63, 3.8) is 0 Å². The molecular formula is C12H11N3O5S. The Morgan fingerprint density at radius 3 is 2.71 bits per heavy atom. The molecule has 0 aliphatic carbocycles. The first-order valence-electron chi connectivity index (χ1n) is 5.66. The number of carboxylic acids is 1. The molecule has 1 aromatic rings. The molecule has 0 saturated carbocycles. The van der Waals surface area contributed by atoms with Crippen LogP contribution in [0.25, 0.3) is 0 Å². The van der Waals surface area contributed by atoms with Crippen molar-refractivity contribution in [2.24, 2.45) is 0 Å². The topological polar surface area (TPSA) is 133 Å². The van der Waals surface area contributed by atoms with Crippen molar-refractivity contribution in [2.45, 2.75) is 17.9 Å². The van der Waals surface area contributed by atoms with Crippen molar-refractivity contribution in [1.29, 1.82) is 5.26 Å². The third-order valence-corrected chi connectivity index (χ3v) is 3.52. The number of nitro groups is 1. The number of carbonyl (C=O) groups is 2. The number of nitriles is 1. The SMILES string of the molecule is CC(=O)NC(CSc1ccc(C#N)cc1[N+](=O)[O-])C(=O)O. The number of benzene rings is 1. The number of nitrogens with zero attached hydrogens (tertiary/aromatic N) is 2. The Morgan fingerprint density at radius 1 is 1.57 bits per heavy atom. The second-order valence-electron chi connectivity index (χ2n) is 3.95. The Balaban J connectivity index is 2.92. The van der Waals surface area contributed by atoms with Gasteiger partial charge in [-0.15, -0.1) is 11.8 Å². The van der Waals surface area contributed by atoms with Crippen LogP contribution in [0.4, 0.5) is 5.69 Å². The first-order chi connectivity index (χ1) is 9.85. The molecule has 1 aromatic carbocycles. The smallest absolute Gasteiger partial charge is 0.327 e. The highest BCUT2D eigenvalue weighted by Crippen LogP contribution is 2.30. The van der Waals surface area contributed by atoms with Crippen LogP contribution >= 0.6 is 11.8 Å². The van der Waals surface area contributed by atoms with E-state index in [1.54, 1.807) is 6.07 Å². The first kappa shape index (κ1) is 16.5. The van der Waals surface area contributed by atoms with Gasteiger partial charge >= 0.3 is 5.97 Å². The number of carboxylic acid groups (broad SMARTS) is 1. The zero-order chi connectivity index (χ0) is 16.0. The van der Waals surface area contributed by atoms with E-state index in [9.17, 15) is 19.7 Å². The van der Waals surface area contributed by atoms with E-state index < -0.39 is 22.8 Å². The predicted octanol–water partition coefficient (Wildman–Crippen LogP) is 1.15. The van der Waals surface area contributed by atoms with E-state index in [2.05, 4.69) is 5.32 Å². The fourth-order valence-corrected chi connectivity index (χ4v) is 2.46. The number of aliphatic carboxylic acids is 1. The van der Waals surface area contributed by atoms with Gasteiger partial charge in [-0.3, -0.25) is 14.9 Å². The second kappa shape index (κ2) is 7.25. The maximum Gasteiger partial charge on any atom is 0.327 e. The maximum absolute atomic E-state index is 11.0. The van der Waals surface area contributed by atoms with E-state index in [0.29, 0.717) is 0 Å². The Morgan fingerprint density at radius 2 is 2.24 bits per heavy atom. The number of hydrogen-bond acceptors (Lipinski definition) is 6. The van der Waals surface area contributed by atoms with Crippen LogP contribution in [0, 0.1) is 21.4 Å². The van der Waals surface area contributed by atoms with Gasteiger partial charge in [0.1, 0.15) is 6.04 Å². The number of hydrogen-bond donors (Lipinski definition) is 2. The fraction of sp³-hybridized carbons (Fsp3) is 0.250. The molecule has 1 unspecified atom stereocenters. The third-order valence-electron chi connectivity index (χ3n) is 2.37. The Hall–Kier alpha value is -2.60. The van der Waals surface area contributed by atoms with Crippen molar-refractivity contribution in [2.75, 3.05) is 5.75 Å². The minimum absolute atomic E-state index is 0.0678. The van der Waals surface area contributed by atoms with Crippen LogP contribution in [-0.2, 0) is 9.59 Å². The number of amides is 1. The average Bonchev–Trinajstić information content (AvgIpc) is 2.42. The largest absolute Gasteiger partial charge is 0.480 e. The van der Waals surface area contributed by atoms with Crippen LogP contribution < -0.4 is 5.32 Å². The summed E-state index contributed by atoms with van der Waals surface area (Å²) >= 11 is 0.926. The molecule has 2 N–H and O–H groups in total. The quantitative estimate of drug-likeness (QED) is 0.457. The van der Waals surface area contributed by atoms with E-state index in [1.165, 1.54) is 19.1 Å². The van der Waals surface area contributed by atoms with Crippen molar-refractivity contribution < 1.29 is 19.6 Å². The van der Waals surface area contributed by atoms with E-state index in [-0.39, 0.29) is 21.9 Å². The molecule has 1 rings (SSSR count). The fourth-order valence-electron chi connectivity index (χ4n) is 1.44. The maximum atomic E-state index is 11.0. The molecule has 0 aliphatic rings. The van der Waals surface area contributed by atoms with Crippen molar-refractivity contribution in [1.82, 2.24) is 5.32 Å². The van der Waals surface area contributed by atoms with Gasteiger partial charge in [-0.1, -0.05) is 0 Å². The highest BCUT2D eigenvalue weighted by atomic mass is 32.2. The van der Waals surface area contributed by atoms with Crippen LogP contribution in [0.5, 0.6) is 0 Å². The Bertz CT molecular complexity index is 626. The number of rotatable bonds is 6. The molecule has 0 radical (unpaired) electrons. The lowest BCUT2D eigenvalue weighted by molar-refractivity contribution is -0.387. The standard InChI is InChI=1S/C12H11N3O5S/c1-7(16)14-9(12(17)18)6-21-11-3-2-8(5-13)4-10(11)15(19)20/h2-4,9H,6H2,1H3,(H,14,16)(H,17,18). The molecule has 0 bridgehead atoms. The molecule has 21 heavy (non-hydrogen) atoms. The van der Waals surface area contributed by atoms with Crippen LogP contribution in [0.3, 0.4) is 0 Å². The van der Waals surface area contributed by atoms with Crippen LogP contribution in [0.15, 0.2) is 23.1 Å². The van der Waals surface area contributed by atoms with Crippen molar-refractivity contribution in [3.05, 3.63) is 33.9 Å². The van der Waals surface area contributed by atoms with Gasteiger partial charge in [0.15, 0.2) is 0 Å². The monoisotopic (exact) mass is 309 g/mol. The lowest BCUT2D eigenvalue weighted by Gasteiger charge is -2.12. The molecule has 0 aromatic heterocycles. The van der Waals surface area contributed by atoms with Crippen LogP contribution in [-0.4, -0.2) is 33.7 Å². The minimum Gasteiger partial charge on any atom is -0.480 e. The highest BCUT2D eigenvalue weighted by molar-refractivity contribution is 7.99. The van der Waals surface area contributed by atoms with Gasteiger partial charge in [0, 0.05) is 18.7 Å². The second-order valence-corrected chi connectivity index (χ2v) is 5.02. The zero-order valence-electron chi connectivity index (χ0n) is 10.9. The summed E-state index contributed by atoms with van der Waals surface area (Å²) in [6, 6.07) is 4.55. The van der Waals surface area contributed by atoms with E-state index in [4.69, 9.17) is 10.4 Å². The highest BCUT2D eigenvalue weighted by Gasteiger charge is 2.21. The van der Waals surface area contributed by atoms with E-state index >= 15 is 0 Å². The molecular weight excluding hydrogens is 298 g/mol. The van der Waals surface area contributed by atoms with Gasteiger partial charge < -0.3 is 10.4 Å². The Kier molecular flexibility index (Phi) is 5.68. The third kappa shape index (κ3) is 4.77. The molecule has 1 atom stereocenters. The molecule has 0 fully saturated rings. The molecule has 0 aliphatic heterocycles. The Labute approximate surface area is 123 Å². The van der Waals surface area contributed by atoms with Crippen molar-refractivity contribution >= 4 is 29.3 Å². The number of thioether (sulfide) groups is 1. The van der Waals surface area contributed by atoms with Gasteiger partial charge in [-0.05, 0) is 12.1 Å². The molecule has 0 heterocycles. The minimum atomic E-state index is -1.23. The summed E-state index contributed by atoms with van der Waals surface area (Å²) in [7, 11) is 0. The van der Waals surface area contributed by atoms with Gasteiger partial charge in [0.05, 0.1) is 21.5 Å². The molecule has 1 amide bonds. The van der Waals surface area contributed by atoms with E-state index in [0.717, 1.165) is 17.8 Å². The molecule has 110 valence electrons. The van der Waals surface area contributed by atoms with Crippen LogP contribution in [0.1, 0.15) is 12.5 Å². The van der Waals surface area contributed by atoms with Gasteiger partial charge in [0.25, 0.3) is 5.69 Å². The number of nitro benzene ring substituents is 1. The summed E-state index contributed by atoms with van der Waals surface area (Å²) in [5.74, 6) is -1.80. The van der Waals surface area contributed by atoms with Gasteiger partial charge in [-0.25, -0.2) is 4.79 Å². The summed E-state index contributed by atoms with van der Waals surface area (Å²) in [5, 5.41) is 30.9. The molecule has 0 saturated heterocycles. The summed E-state index contributed by atoms with van der Waals surface area (Å²) < 4.78 is 0. The van der Waals surface area contributed by atoms with Gasteiger partial charge in [-0.2, -0.15) is 5.26 Å². The average molecular weight is 309 g/mol. The van der Waals surface area contributed by atoms with Gasteiger partial charge in [0.2, 0.25) is 5.91 Å². The summed E-state index contributed by atoms with van der Waals surface area (Å²) in [4.78, 5) is 32.4. The summed E-state index contributed by atoms with van der Waals surface area (Å²) in [5.41, 5.74) is -0.131. The normalized spacial score (nSPS) is 11.2. The summed E-state index contributed by atoms with van der Waals surface area (Å²) in [6.45, 7) is 1.19. The predicted molar refractivity (Wildman–Crippen MR) is 73.8 cm³/mol. The number of nitrogens with one attached hydrogen (secondary N) is 1. The molecule has 9 heteroatoms.